The van der Waals surface area contributed by atoms with E-state index in [1.54, 1.807) is 29.1 Å². The summed E-state index contributed by atoms with van der Waals surface area (Å²) in [7, 11) is -3.64. The van der Waals surface area contributed by atoms with E-state index in [1.807, 2.05) is 18.1 Å². The van der Waals surface area contributed by atoms with Gasteiger partial charge in [0.15, 0.2) is 0 Å². The summed E-state index contributed by atoms with van der Waals surface area (Å²) < 4.78 is 67.8. The lowest BCUT2D eigenvalue weighted by molar-refractivity contribution is -0.0492. The summed E-state index contributed by atoms with van der Waals surface area (Å²) in [5.74, 6) is 0.524. The summed E-state index contributed by atoms with van der Waals surface area (Å²) in [5, 5.41) is 0.446. The summed E-state index contributed by atoms with van der Waals surface area (Å²) >= 11 is 6.27. The molecule has 2 aliphatic rings. The molecule has 0 N–H and O–H groups in total. The van der Waals surface area contributed by atoms with Crippen molar-refractivity contribution in [2.75, 3.05) is 11.4 Å². The van der Waals surface area contributed by atoms with Crippen LogP contribution in [0.2, 0.25) is 5.02 Å². The summed E-state index contributed by atoms with van der Waals surface area (Å²) in [6.07, 6.45) is 9.51. The van der Waals surface area contributed by atoms with Gasteiger partial charge in [0, 0.05) is 43.1 Å². The number of hydrogen-bond acceptors (Lipinski definition) is 4. The number of fused-ring (bicyclic) bond motifs is 1. The first-order valence-corrected chi connectivity index (χ1v) is 12.9. The number of aryl methyl sites for hydroxylation is 1. The number of hydrogen-bond donors (Lipinski definition) is 0. The number of aromatic nitrogens is 2. The number of anilines is 1. The number of nitrogens with zero attached hydrogens (tertiary/aromatic N) is 4. The van der Waals surface area contributed by atoms with Crippen LogP contribution in [0.5, 0.6) is 0 Å². The Labute approximate surface area is 197 Å². The van der Waals surface area contributed by atoms with Gasteiger partial charge in [-0.25, -0.2) is 13.4 Å². The lowest BCUT2D eigenvalue weighted by Crippen LogP contribution is -2.47. The number of rotatable bonds is 6. The van der Waals surface area contributed by atoms with Crippen LogP contribution in [0.25, 0.3) is 0 Å². The minimum absolute atomic E-state index is 0.242. The van der Waals surface area contributed by atoms with E-state index in [0.717, 1.165) is 25.0 Å². The molecular formula is C22H28ClF3N4O2S. The largest absolute Gasteiger partial charge is 0.511 e. The fourth-order valence-corrected chi connectivity index (χ4v) is 6.10. The number of imidazole rings is 1. The van der Waals surface area contributed by atoms with Crippen LogP contribution >= 0.6 is 11.6 Å². The molecule has 1 unspecified atom stereocenters. The van der Waals surface area contributed by atoms with Gasteiger partial charge in [-0.1, -0.05) is 43.4 Å². The van der Waals surface area contributed by atoms with Crippen molar-refractivity contribution >= 4 is 27.3 Å². The van der Waals surface area contributed by atoms with Gasteiger partial charge in [-0.05, 0) is 36.5 Å². The van der Waals surface area contributed by atoms with Gasteiger partial charge in [-0.2, -0.15) is 17.5 Å². The van der Waals surface area contributed by atoms with Crippen molar-refractivity contribution < 1.29 is 21.6 Å². The maximum Gasteiger partial charge on any atom is 0.511 e. The Morgan fingerprint density at radius 3 is 2.55 bits per heavy atom. The van der Waals surface area contributed by atoms with E-state index in [4.69, 9.17) is 11.6 Å². The van der Waals surface area contributed by atoms with Crippen molar-refractivity contribution in [3.8, 4) is 0 Å². The van der Waals surface area contributed by atoms with Crippen LogP contribution in [0.4, 0.5) is 18.9 Å². The molecule has 1 saturated carbocycles. The van der Waals surface area contributed by atoms with E-state index < -0.39 is 21.6 Å². The van der Waals surface area contributed by atoms with Gasteiger partial charge >= 0.3 is 15.5 Å². The molecular weight excluding hydrogens is 477 g/mol. The van der Waals surface area contributed by atoms with E-state index in [1.165, 1.54) is 12.8 Å². The molecule has 0 radical (unpaired) electrons. The molecule has 0 bridgehead atoms. The fourth-order valence-electron chi connectivity index (χ4n) is 4.96. The van der Waals surface area contributed by atoms with Crippen LogP contribution in [0.3, 0.4) is 0 Å². The Morgan fingerprint density at radius 1 is 1.18 bits per heavy atom. The summed E-state index contributed by atoms with van der Waals surface area (Å²) in [6, 6.07) is 4.47. The first-order valence-electron chi connectivity index (χ1n) is 11.1. The molecule has 11 heteroatoms. The minimum Gasteiger partial charge on any atom is -0.361 e. The van der Waals surface area contributed by atoms with E-state index >= 15 is 0 Å². The quantitative estimate of drug-likeness (QED) is 0.550. The number of alkyl halides is 3. The Kier molecular flexibility index (Phi) is 6.98. The molecule has 1 aromatic heterocycles. The van der Waals surface area contributed by atoms with Crippen molar-refractivity contribution in [1.29, 1.82) is 0 Å². The molecule has 0 amide bonds. The topological polar surface area (TPSA) is 58.4 Å². The lowest BCUT2D eigenvalue weighted by Gasteiger charge is -2.34. The smallest absolute Gasteiger partial charge is 0.361 e. The number of sulfonamides is 1. The van der Waals surface area contributed by atoms with Crippen LogP contribution in [0, 0.1) is 5.92 Å². The summed E-state index contributed by atoms with van der Waals surface area (Å²) in [6.45, 7) is -0.246. The highest BCUT2D eigenvalue weighted by Gasteiger charge is 2.51. The lowest BCUT2D eigenvalue weighted by atomic mass is 9.97. The molecule has 1 aliphatic carbocycles. The predicted octanol–water partition coefficient (Wildman–Crippen LogP) is 5.08. The molecule has 1 fully saturated rings. The zero-order valence-corrected chi connectivity index (χ0v) is 20.0. The molecule has 4 rings (SSSR count). The van der Waals surface area contributed by atoms with Crippen molar-refractivity contribution in [3.05, 3.63) is 47.0 Å². The molecule has 1 atom stereocenters. The molecule has 0 spiro atoms. The fraction of sp³-hybridized carbons (Fsp3) is 0.591. The van der Waals surface area contributed by atoms with E-state index in [0.29, 0.717) is 39.5 Å². The number of benzene rings is 1. The Hall–Kier alpha value is -1.78. The second-order valence-corrected chi connectivity index (χ2v) is 11.4. The second-order valence-electron chi connectivity index (χ2n) is 9.06. The highest BCUT2D eigenvalue weighted by atomic mass is 35.5. The summed E-state index contributed by atoms with van der Waals surface area (Å²) in [4.78, 5) is 6.38. The van der Waals surface area contributed by atoms with Crippen molar-refractivity contribution in [1.82, 2.24) is 13.9 Å². The van der Waals surface area contributed by atoms with Crippen LogP contribution in [0.1, 0.15) is 49.8 Å². The maximum atomic E-state index is 13.5. The van der Waals surface area contributed by atoms with Gasteiger partial charge in [0.1, 0.15) is 0 Å². The Bertz CT molecular complexity index is 1080. The van der Waals surface area contributed by atoms with E-state index in [2.05, 4.69) is 4.98 Å². The summed E-state index contributed by atoms with van der Waals surface area (Å²) in [5.41, 5.74) is -3.46. The molecule has 33 heavy (non-hydrogen) atoms. The second kappa shape index (κ2) is 9.46. The highest BCUT2D eigenvalue weighted by Crippen LogP contribution is 2.38. The molecule has 1 aliphatic heterocycles. The van der Waals surface area contributed by atoms with Crippen LogP contribution in [0.15, 0.2) is 30.7 Å². The molecule has 182 valence electrons. The third kappa shape index (κ3) is 5.33. The van der Waals surface area contributed by atoms with Crippen LogP contribution < -0.4 is 4.90 Å². The Balaban J connectivity index is 1.74. The van der Waals surface area contributed by atoms with Crippen LogP contribution in [-0.2, 0) is 30.2 Å². The van der Waals surface area contributed by atoms with Gasteiger partial charge in [-0.3, -0.25) is 0 Å². The van der Waals surface area contributed by atoms with Gasteiger partial charge in [0.05, 0.1) is 18.6 Å². The average molecular weight is 505 g/mol. The zero-order valence-electron chi connectivity index (χ0n) is 18.4. The van der Waals surface area contributed by atoms with Crippen molar-refractivity contribution in [3.63, 3.8) is 0 Å². The first-order chi connectivity index (χ1) is 15.5. The minimum atomic E-state index is -5.48. The average Bonchev–Trinajstić information content (AvgIpc) is 3.37. The maximum absolute atomic E-state index is 13.5. The molecule has 0 saturated heterocycles. The highest BCUT2D eigenvalue weighted by molar-refractivity contribution is 7.89. The van der Waals surface area contributed by atoms with Crippen molar-refractivity contribution in [2.24, 2.45) is 13.0 Å². The van der Waals surface area contributed by atoms with Gasteiger partial charge in [-0.15, -0.1) is 0 Å². The third-order valence-electron chi connectivity index (χ3n) is 6.66. The first kappa shape index (κ1) is 24.3. The zero-order chi connectivity index (χ0) is 23.8. The van der Waals surface area contributed by atoms with Gasteiger partial charge < -0.3 is 9.47 Å². The monoisotopic (exact) mass is 504 g/mol. The third-order valence-corrected chi connectivity index (χ3v) is 8.44. The van der Waals surface area contributed by atoms with E-state index in [9.17, 15) is 21.6 Å². The van der Waals surface area contributed by atoms with Gasteiger partial charge in [0.2, 0.25) is 0 Å². The van der Waals surface area contributed by atoms with E-state index in [-0.39, 0.29) is 13.1 Å². The van der Waals surface area contributed by atoms with Crippen LogP contribution in [-0.4, -0.2) is 40.4 Å². The standard InChI is InChI=1S/C22H28ClF3N4O2S/c1-28-12-19(27-15-28)13-30-20(9-6-16-4-2-3-5-16)14-29(33(31,32)22(24,25)26)11-17-7-8-18(23)10-21(17)30/h7-8,10,12,15-16,20H,2-6,9,11,13-14H2,1H3. The Morgan fingerprint density at radius 2 is 1.91 bits per heavy atom. The molecule has 2 heterocycles. The molecule has 1 aromatic carbocycles. The number of halogens is 4. The SMILES string of the molecule is Cn1cnc(CN2c3cc(Cl)ccc3CN(S(=O)(=O)C(F)(F)F)CC2CCC2CCCC2)c1. The molecule has 2 aromatic rings. The predicted molar refractivity (Wildman–Crippen MR) is 121 cm³/mol. The molecule has 6 nitrogen and oxygen atoms in total. The van der Waals surface area contributed by atoms with Gasteiger partial charge in [0.25, 0.3) is 0 Å². The van der Waals surface area contributed by atoms with Crippen molar-refractivity contribution in [2.45, 2.75) is 63.2 Å². The normalized spacial score (nSPS) is 20.8.